The molecular weight excluding hydrogens is 306 g/mol. The van der Waals surface area contributed by atoms with E-state index in [9.17, 15) is 0 Å². The number of guanidine groups is 1. The molecule has 6 heteroatoms. The number of aliphatic imine (C=N–C) groups is 1. The lowest BCUT2D eigenvalue weighted by Gasteiger charge is -2.25. The monoisotopic (exact) mass is 335 g/mol. The highest BCUT2D eigenvalue weighted by atomic mass is 16.5. The van der Waals surface area contributed by atoms with Crippen molar-refractivity contribution in [2.24, 2.45) is 16.8 Å². The van der Waals surface area contributed by atoms with E-state index in [1.807, 2.05) is 12.1 Å². The van der Waals surface area contributed by atoms with Gasteiger partial charge in [0.25, 0.3) is 0 Å². The van der Waals surface area contributed by atoms with E-state index in [4.69, 9.17) is 18.9 Å². The molecule has 2 fully saturated rings. The average Bonchev–Trinajstić information content (AvgIpc) is 3.32. The summed E-state index contributed by atoms with van der Waals surface area (Å²) in [4.78, 5) is 7.08. The van der Waals surface area contributed by atoms with Gasteiger partial charge in [-0.25, -0.2) is 0 Å². The minimum absolute atomic E-state index is 0.551. The zero-order chi connectivity index (χ0) is 16.6. The van der Waals surface area contributed by atoms with Crippen molar-refractivity contribution in [1.29, 1.82) is 0 Å². The zero-order valence-electron chi connectivity index (χ0n) is 14.6. The lowest BCUT2D eigenvalue weighted by Crippen LogP contribution is -2.42. The van der Waals surface area contributed by atoms with Gasteiger partial charge < -0.3 is 24.1 Å². The third-order valence-electron chi connectivity index (χ3n) is 4.68. The van der Waals surface area contributed by atoms with Crippen LogP contribution in [0.25, 0.3) is 0 Å². The fourth-order valence-corrected chi connectivity index (χ4v) is 3.21. The summed E-state index contributed by atoms with van der Waals surface area (Å²) in [7, 11) is 2.11. The predicted octanol–water partition coefficient (Wildman–Crippen LogP) is 1.77. The molecule has 0 aromatic carbocycles. The zero-order valence-corrected chi connectivity index (χ0v) is 14.6. The van der Waals surface area contributed by atoms with Gasteiger partial charge in [0.1, 0.15) is 5.76 Å². The first-order valence-corrected chi connectivity index (χ1v) is 8.98. The Morgan fingerprint density at radius 2 is 2.04 bits per heavy atom. The minimum Gasteiger partial charge on any atom is -0.469 e. The number of hydrogen-bond donors (Lipinski definition) is 1. The molecule has 134 valence electrons. The first kappa shape index (κ1) is 17.3. The van der Waals surface area contributed by atoms with Crippen molar-refractivity contribution in [3.8, 4) is 0 Å². The van der Waals surface area contributed by atoms with Gasteiger partial charge in [-0.2, -0.15) is 0 Å². The Morgan fingerprint density at radius 1 is 1.25 bits per heavy atom. The van der Waals surface area contributed by atoms with E-state index in [1.165, 1.54) is 0 Å². The van der Waals surface area contributed by atoms with E-state index < -0.39 is 0 Å². The SMILES string of the molecule is CN(CC1CCOC1)C(=NCC1CCOC1)NCCc1ccco1. The highest BCUT2D eigenvalue weighted by Gasteiger charge is 2.20. The van der Waals surface area contributed by atoms with E-state index in [-0.39, 0.29) is 0 Å². The maximum atomic E-state index is 5.49. The molecule has 3 rings (SSSR count). The van der Waals surface area contributed by atoms with Crippen LogP contribution in [0.1, 0.15) is 18.6 Å². The number of rotatable bonds is 7. The average molecular weight is 335 g/mol. The largest absolute Gasteiger partial charge is 0.469 e. The van der Waals surface area contributed by atoms with Crippen molar-refractivity contribution in [1.82, 2.24) is 10.2 Å². The van der Waals surface area contributed by atoms with Crippen LogP contribution < -0.4 is 5.32 Å². The summed E-state index contributed by atoms with van der Waals surface area (Å²) in [6.45, 7) is 6.08. The molecule has 24 heavy (non-hydrogen) atoms. The number of hydrogen-bond acceptors (Lipinski definition) is 4. The first-order chi connectivity index (χ1) is 11.8. The molecule has 2 unspecified atom stereocenters. The van der Waals surface area contributed by atoms with Crippen molar-refractivity contribution >= 4 is 5.96 Å². The standard InChI is InChI=1S/C18H29N3O3/c1-21(12-16-6-10-23-14-16)18(20-11-15-5-9-22-13-15)19-7-4-17-3-2-8-24-17/h2-3,8,15-16H,4-7,9-14H2,1H3,(H,19,20). The Hall–Kier alpha value is -1.53. The number of ether oxygens (including phenoxy) is 2. The third-order valence-corrected chi connectivity index (χ3v) is 4.68. The lowest BCUT2D eigenvalue weighted by molar-refractivity contribution is 0.181. The smallest absolute Gasteiger partial charge is 0.193 e. The van der Waals surface area contributed by atoms with Gasteiger partial charge in [0.2, 0.25) is 0 Å². The molecule has 6 nitrogen and oxygen atoms in total. The van der Waals surface area contributed by atoms with E-state index in [1.54, 1.807) is 6.26 Å². The lowest BCUT2D eigenvalue weighted by atomic mass is 10.1. The molecule has 2 aliphatic heterocycles. The van der Waals surface area contributed by atoms with Crippen LogP contribution in [0.15, 0.2) is 27.8 Å². The molecule has 3 heterocycles. The van der Waals surface area contributed by atoms with Crippen LogP contribution in [0.3, 0.4) is 0 Å². The van der Waals surface area contributed by atoms with Gasteiger partial charge in [0, 0.05) is 58.2 Å². The molecule has 2 atom stereocenters. The normalized spacial score (nSPS) is 24.5. The van der Waals surface area contributed by atoms with Gasteiger partial charge in [-0.15, -0.1) is 0 Å². The van der Waals surface area contributed by atoms with E-state index >= 15 is 0 Å². The molecule has 1 aromatic heterocycles. The van der Waals surface area contributed by atoms with Crippen LogP contribution in [-0.2, 0) is 15.9 Å². The molecule has 0 amide bonds. The molecule has 0 aliphatic carbocycles. The van der Waals surface area contributed by atoms with Gasteiger partial charge in [0.15, 0.2) is 5.96 Å². The van der Waals surface area contributed by atoms with Crippen molar-refractivity contribution in [2.75, 3.05) is 53.1 Å². The van der Waals surface area contributed by atoms with Gasteiger partial charge in [0.05, 0.1) is 19.5 Å². The summed E-state index contributed by atoms with van der Waals surface area (Å²) in [6, 6.07) is 3.94. The molecule has 0 bridgehead atoms. The number of nitrogens with zero attached hydrogens (tertiary/aromatic N) is 2. The Morgan fingerprint density at radius 3 is 2.71 bits per heavy atom. The van der Waals surface area contributed by atoms with Gasteiger partial charge >= 0.3 is 0 Å². The second-order valence-corrected chi connectivity index (χ2v) is 6.76. The van der Waals surface area contributed by atoms with Gasteiger partial charge in [-0.1, -0.05) is 0 Å². The number of nitrogens with one attached hydrogen (secondary N) is 1. The van der Waals surface area contributed by atoms with Crippen LogP contribution in [-0.4, -0.2) is 64.0 Å². The second kappa shape index (κ2) is 9.08. The first-order valence-electron chi connectivity index (χ1n) is 8.98. The molecule has 0 radical (unpaired) electrons. The maximum Gasteiger partial charge on any atom is 0.193 e. The molecule has 1 aromatic rings. The van der Waals surface area contributed by atoms with Crippen LogP contribution in [0.2, 0.25) is 0 Å². The third kappa shape index (κ3) is 5.24. The molecular formula is C18H29N3O3. The van der Waals surface area contributed by atoms with Gasteiger partial charge in [-0.3, -0.25) is 4.99 Å². The molecule has 2 saturated heterocycles. The second-order valence-electron chi connectivity index (χ2n) is 6.76. The predicted molar refractivity (Wildman–Crippen MR) is 93.2 cm³/mol. The van der Waals surface area contributed by atoms with Crippen LogP contribution in [0.5, 0.6) is 0 Å². The summed E-state index contributed by atoms with van der Waals surface area (Å²) in [5, 5.41) is 3.49. The molecule has 2 aliphatic rings. The van der Waals surface area contributed by atoms with Crippen LogP contribution in [0.4, 0.5) is 0 Å². The Bertz CT molecular complexity index is 492. The molecule has 0 saturated carbocycles. The van der Waals surface area contributed by atoms with E-state index in [0.717, 1.165) is 77.0 Å². The summed E-state index contributed by atoms with van der Waals surface area (Å²) in [6.07, 6.45) is 4.83. The van der Waals surface area contributed by atoms with Crippen LogP contribution in [0, 0.1) is 11.8 Å². The van der Waals surface area contributed by atoms with Crippen LogP contribution >= 0.6 is 0 Å². The maximum absolute atomic E-state index is 5.49. The Balaban J connectivity index is 1.52. The van der Waals surface area contributed by atoms with E-state index in [2.05, 4.69) is 17.3 Å². The minimum atomic E-state index is 0.551. The topological polar surface area (TPSA) is 59.2 Å². The van der Waals surface area contributed by atoms with Crippen molar-refractivity contribution in [2.45, 2.75) is 19.3 Å². The van der Waals surface area contributed by atoms with Gasteiger partial charge in [-0.05, 0) is 25.0 Å². The highest BCUT2D eigenvalue weighted by Crippen LogP contribution is 2.15. The van der Waals surface area contributed by atoms with Crippen molar-refractivity contribution in [3.63, 3.8) is 0 Å². The quantitative estimate of drug-likeness (QED) is 0.608. The summed E-state index contributed by atoms with van der Waals surface area (Å²) in [5.74, 6) is 3.12. The van der Waals surface area contributed by atoms with Crippen molar-refractivity contribution in [3.05, 3.63) is 24.2 Å². The van der Waals surface area contributed by atoms with E-state index in [0.29, 0.717) is 11.8 Å². The fraction of sp³-hybridized carbons (Fsp3) is 0.722. The molecule has 1 N–H and O–H groups in total. The molecule has 0 spiro atoms. The van der Waals surface area contributed by atoms with Crippen molar-refractivity contribution < 1.29 is 13.9 Å². The number of furan rings is 1. The summed E-state index contributed by atoms with van der Waals surface area (Å²) in [5.41, 5.74) is 0. The fourth-order valence-electron chi connectivity index (χ4n) is 3.21. The highest BCUT2D eigenvalue weighted by molar-refractivity contribution is 5.79. The summed E-state index contributed by atoms with van der Waals surface area (Å²) >= 11 is 0. The Kier molecular flexibility index (Phi) is 6.55. The summed E-state index contributed by atoms with van der Waals surface area (Å²) < 4.78 is 16.3. The Labute approximate surface area is 144 Å².